The maximum absolute atomic E-state index is 12.8. The minimum atomic E-state index is -0.240. The zero-order valence-corrected chi connectivity index (χ0v) is 18.8. The molecule has 4 N–H and O–H groups in total. The Labute approximate surface area is 199 Å². The molecule has 0 spiro atoms. The van der Waals surface area contributed by atoms with Crippen LogP contribution < -0.4 is 16.4 Å². The molecule has 0 aliphatic rings. The Bertz CT molecular complexity index is 1250. The number of carbonyl (C=O) groups is 2. The first kappa shape index (κ1) is 22.8. The molecule has 170 valence electrons. The maximum Gasteiger partial charge on any atom is 0.255 e. The number of carbonyl (C=O) groups excluding carboxylic acids is 2. The van der Waals surface area contributed by atoms with Gasteiger partial charge in [0.25, 0.3) is 5.91 Å². The monoisotopic (exact) mass is 449 g/mol. The third-order valence-electron chi connectivity index (χ3n) is 5.60. The van der Waals surface area contributed by atoms with E-state index in [0.717, 1.165) is 22.3 Å². The molecule has 0 aliphatic heterocycles. The average molecular weight is 450 g/mol. The molecule has 0 aliphatic carbocycles. The smallest absolute Gasteiger partial charge is 0.255 e. The fourth-order valence-electron chi connectivity index (χ4n) is 3.63. The Hall–Kier alpha value is -4.38. The topological polar surface area (TPSA) is 84.2 Å². The van der Waals surface area contributed by atoms with Gasteiger partial charge in [-0.1, -0.05) is 78.9 Å². The van der Waals surface area contributed by atoms with Gasteiger partial charge >= 0.3 is 0 Å². The minimum absolute atomic E-state index is 0.000513. The van der Waals surface area contributed by atoms with Crippen molar-refractivity contribution in [3.8, 4) is 11.1 Å². The second-order valence-corrected chi connectivity index (χ2v) is 8.08. The van der Waals surface area contributed by atoms with Gasteiger partial charge < -0.3 is 16.4 Å². The molecule has 0 saturated heterocycles. The quantitative estimate of drug-likeness (QED) is 0.313. The predicted octanol–water partition coefficient (Wildman–Crippen LogP) is 5.44. The number of amides is 2. The summed E-state index contributed by atoms with van der Waals surface area (Å²) in [5.74, 6) is -0.241. The number of benzene rings is 4. The summed E-state index contributed by atoms with van der Waals surface area (Å²) in [5, 5.41) is 5.84. The third kappa shape index (κ3) is 6.11. The first-order valence-electron chi connectivity index (χ1n) is 11.2. The molecule has 4 aromatic rings. The third-order valence-corrected chi connectivity index (χ3v) is 5.60. The number of nitrogens with one attached hydrogen (secondary N) is 2. The molecule has 0 bridgehead atoms. The highest BCUT2D eigenvalue weighted by Gasteiger charge is 2.10. The fourth-order valence-corrected chi connectivity index (χ4v) is 3.63. The Morgan fingerprint density at radius 3 is 2.09 bits per heavy atom. The van der Waals surface area contributed by atoms with E-state index < -0.39 is 0 Å². The van der Waals surface area contributed by atoms with E-state index in [9.17, 15) is 9.59 Å². The van der Waals surface area contributed by atoms with Gasteiger partial charge in [0.1, 0.15) is 0 Å². The number of nitrogens with two attached hydrogens (primary N) is 1. The normalized spacial score (nSPS) is 10.5. The van der Waals surface area contributed by atoms with Gasteiger partial charge in [-0.2, -0.15) is 0 Å². The maximum atomic E-state index is 12.8. The molecule has 0 atom stereocenters. The van der Waals surface area contributed by atoms with Crippen molar-refractivity contribution < 1.29 is 9.59 Å². The van der Waals surface area contributed by atoms with Crippen LogP contribution in [-0.4, -0.2) is 11.8 Å². The van der Waals surface area contributed by atoms with Crippen LogP contribution in [-0.2, 0) is 17.8 Å². The SMILES string of the molecule is Nc1ccc(-c2ccccc2)cc1NC(=O)c1ccc(CNC(=O)CCc2ccccc2)cc1. The number of anilines is 2. The zero-order valence-electron chi connectivity index (χ0n) is 18.8. The van der Waals surface area contributed by atoms with Crippen LogP contribution in [0.1, 0.15) is 27.9 Å². The van der Waals surface area contributed by atoms with Crippen molar-refractivity contribution in [3.63, 3.8) is 0 Å². The van der Waals surface area contributed by atoms with Gasteiger partial charge in [-0.25, -0.2) is 0 Å². The molecule has 0 unspecified atom stereocenters. The predicted molar refractivity (Wildman–Crippen MR) is 137 cm³/mol. The van der Waals surface area contributed by atoms with E-state index in [2.05, 4.69) is 10.6 Å². The van der Waals surface area contributed by atoms with Gasteiger partial charge in [-0.3, -0.25) is 9.59 Å². The van der Waals surface area contributed by atoms with E-state index in [4.69, 9.17) is 5.73 Å². The van der Waals surface area contributed by atoms with E-state index in [0.29, 0.717) is 36.3 Å². The summed E-state index contributed by atoms with van der Waals surface area (Å²) in [6.07, 6.45) is 1.15. The summed E-state index contributed by atoms with van der Waals surface area (Å²) in [4.78, 5) is 24.9. The van der Waals surface area contributed by atoms with E-state index in [1.54, 1.807) is 18.2 Å². The number of hydrogen-bond donors (Lipinski definition) is 3. The molecule has 4 aromatic carbocycles. The summed E-state index contributed by atoms with van der Waals surface area (Å²) in [7, 11) is 0. The van der Waals surface area contributed by atoms with Crippen LogP contribution in [0.2, 0.25) is 0 Å². The Balaban J connectivity index is 1.32. The van der Waals surface area contributed by atoms with Crippen molar-refractivity contribution in [2.45, 2.75) is 19.4 Å². The Morgan fingerprint density at radius 1 is 0.706 bits per heavy atom. The molecule has 0 aromatic heterocycles. The standard InChI is InChI=1S/C29H27N3O2/c30-26-17-16-25(23-9-5-2-6-10-23)19-27(26)32-29(34)24-14-11-22(12-15-24)20-31-28(33)18-13-21-7-3-1-4-8-21/h1-12,14-17,19H,13,18,20,30H2,(H,31,33)(H,32,34). The lowest BCUT2D eigenvalue weighted by Crippen LogP contribution is -2.23. The lowest BCUT2D eigenvalue weighted by molar-refractivity contribution is -0.121. The molecular formula is C29H27N3O2. The summed E-state index contributed by atoms with van der Waals surface area (Å²) in [6.45, 7) is 0.418. The number of nitrogen functional groups attached to an aromatic ring is 1. The summed E-state index contributed by atoms with van der Waals surface area (Å²) >= 11 is 0. The van der Waals surface area contributed by atoms with Gasteiger partial charge in [0.15, 0.2) is 0 Å². The molecule has 4 rings (SSSR count). The fraction of sp³-hybridized carbons (Fsp3) is 0.103. The van der Waals surface area contributed by atoms with E-state index >= 15 is 0 Å². The Kier molecular flexibility index (Phi) is 7.35. The van der Waals surface area contributed by atoms with Crippen LogP contribution in [0.15, 0.2) is 103 Å². The van der Waals surface area contributed by atoms with Crippen molar-refractivity contribution in [1.29, 1.82) is 0 Å². The zero-order chi connectivity index (χ0) is 23.8. The Morgan fingerprint density at radius 2 is 1.38 bits per heavy atom. The number of rotatable bonds is 8. The van der Waals surface area contributed by atoms with Crippen molar-refractivity contribution in [2.24, 2.45) is 0 Å². The lowest BCUT2D eigenvalue weighted by atomic mass is 10.0. The highest BCUT2D eigenvalue weighted by atomic mass is 16.2. The van der Waals surface area contributed by atoms with Gasteiger partial charge in [-0.15, -0.1) is 0 Å². The van der Waals surface area contributed by atoms with Crippen molar-refractivity contribution in [1.82, 2.24) is 5.32 Å². The molecule has 0 heterocycles. The largest absolute Gasteiger partial charge is 0.397 e. The van der Waals surface area contributed by atoms with E-state index in [1.807, 2.05) is 84.9 Å². The van der Waals surface area contributed by atoms with Crippen LogP contribution in [0.5, 0.6) is 0 Å². The summed E-state index contributed by atoms with van der Waals surface area (Å²) in [5.41, 5.74) is 11.8. The van der Waals surface area contributed by atoms with Crippen LogP contribution in [0.25, 0.3) is 11.1 Å². The highest BCUT2D eigenvalue weighted by molar-refractivity contribution is 6.06. The number of aryl methyl sites for hydroxylation is 1. The molecule has 0 radical (unpaired) electrons. The second kappa shape index (κ2) is 11.0. The molecule has 5 heteroatoms. The molecule has 34 heavy (non-hydrogen) atoms. The van der Waals surface area contributed by atoms with E-state index in [-0.39, 0.29) is 11.8 Å². The molecule has 2 amide bonds. The highest BCUT2D eigenvalue weighted by Crippen LogP contribution is 2.27. The van der Waals surface area contributed by atoms with Gasteiger partial charge in [0.2, 0.25) is 5.91 Å². The van der Waals surface area contributed by atoms with Crippen LogP contribution in [0, 0.1) is 0 Å². The van der Waals surface area contributed by atoms with Gasteiger partial charge in [0.05, 0.1) is 11.4 Å². The van der Waals surface area contributed by atoms with Gasteiger partial charge in [0, 0.05) is 18.5 Å². The number of hydrogen-bond acceptors (Lipinski definition) is 3. The van der Waals surface area contributed by atoms with Crippen molar-refractivity contribution in [2.75, 3.05) is 11.1 Å². The van der Waals surface area contributed by atoms with Crippen LogP contribution in [0.4, 0.5) is 11.4 Å². The first-order valence-corrected chi connectivity index (χ1v) is 11.2. The minimum Gasteiger partial charge on any atom is -0.397 e. The van der Waals surface area contributed by atoms with Crippen LogP contribution >= 0.6 is 0 Å². The molecule has 0 fully saturated rings. The average Bonchev–Trinajstić information content (AvgIpc) is 2.89. The van der Waals surface area contributed by atoms with Crippen LogP contribution in [0.3, 0.4) is 0 Å². The van der Waals surface area contributed by atoms with Crippen molar-refractivity contribution in [3.05, 3.63) is 120 Å². The second-order valence-electron chi connectivity index (χ2n) is 8.08. The summed E-state index contributed by atoms with van der Waals surface area (Å²) in [6, 6.07) is 32.6. The lowest BCUT2D eigenvalue weighted by Gasteiger charge is -2.11. The molecule has 5 nitrogen and oxygen atoms in total. The van der Waals surface area contributed by atoms with E-state index in [1.165, 1.54) is 0 Å². The van der Waals surface area contributed by atoms with Crippen molar-refractivity contribution >= 4 is 23.2 Å². The molecule has 0 saturated carbocycles. The molecular weight excluding hydrogens is 422 g/mol. The van der Waals surface area contributed by atoms with Gasteiger partial charge in [-0.05, 0) is 52.9 Å². The first-order chi connectivity index (χ1) is 16.6. The summed E-state index contributed by atoms with van der Waals surface area (Å²) < 4.78 is 0.